The van der Waals surface area contributed by atoms with Crippen molar-refractivity contribution in [2.75, 3.05) is 52.5 Å². The molecule has 0 saturated carbocycles. The molecule has 3 fully saturated rings. The van der Waals surface area contributed by atoms with Crippen molar-refractivity contribution in [3.63, 3.8) is 0 Å². The number of aliphatic hydroxyl groups excluding tert-OH is 1. The first-order valence-electron chi connectivity index (χ1n) is 14.2. The maximum atomic E-state index is 13.0. The number of ether oxygens (including phenoxy) is 5. The van der Waals surface area contributed by atoms with E-state index in [4.69, 9.17) is 23.7 Å². The zero-order valence-corrected chi connectivity index (χ0v) is 24.5. The SMILES string of the molecule is CC1CN(CC(O)COc2cc(F)cc(F)c2)CC(C)O1.CC1CNCC(C)O1.Fc1cc(F)cc(OCC2CO2)c1. The van der Waals surface area contributed by atoms with E-state index in [0.29, 0.717) is 32.0 Å². The summed E-state index contributed by atoms with van der Waals surface area (Å²) in [6.45, 7) is 13.1. The molecule has 2 aromatic carbocycles. The summed E-state index contributed by atoms with van der Waals surface area (Å²) in [5.41, 5.74) is 0. The van der Waals surface area contributed by atoms with Crippen molar-refractivity contribution in [1.82, 2.24) is 10.2 Å². The molecule has 0 aliphatic carbocycles. The lowest BCUT2D eigenvalue weighted by Crippen LogP contribution is -2.48. The van der Waals surface area contributed by atoms with Gasteiger partial charge in [0.05, 0.1) is 31.0 Å². The van der Waals surface area contributed by atoms with Crippen LogP contribution in [0.2, 0.25) is 0 Å². The Kier molecular flexibility index (Phi) is 13.7. The van der Waals surface area contributed by atoms with Gasteiger partial charge in [0.25, 0.3) is 0 Å². The van der Waals surface area contributed by atoms with Gasteiger partial charge < -0.3 is 34.1 Å². The van der Waals surface area contributed by atoms with Crippen LogP contribution in [0.15, 0.2) is 36.4 Å². The van der Waals surface area contributed by atoms with Gasteiger partial charge in [-0.1, -0.05) is 0 Å². The van der Waals surface area contributed by atoms with Crippen molar-refractivity contribution in [1.29, 1.82) is 0 Å². The summed E-state index contributed by atoms with van der Waals surface area (Å²) in [5.74, 6) is -2.38. The molecule has 3 saturated heterocycles. The maximum Gasteiger partial charge on any atom is 0.129 e. The maximum absolute atomic E-state index is 13.0. The van der Waals surface area contributed by atoms with Crippen LogP contribution in [-0.4, -0.2) is 99.2 Å². The molecule has 0 spiro atoms. The van der Waals surface area contributed by atoms with E-state index < -0.39 is 29.4 Å². The molecule has 0 amide bonds. The first-order valence-corrected chi connectivity index (χ1v) is 14.2. The van der Waals surface area contributed by atoms with Crippen LogP contribution < -0.4 is 14.8 Å². The molecule has 3 heterocycles. The minimum Gasteiger partial charge on any atom is -0.491 e. The standard InChI is InChI=1S/C15H21F2NO3.C9H8F2O2.C6H13NO/c1-10-6-18(7-11(2)21-10)8-14(19)9-20-15-4-12(16)3-13(17)5-15;10-6-1-7(11)3-8(2-6)12-4-9-5-13-9;1-5-3-7-4-6(2)8-5/h3-5,10-11,14,19H,6-9H2,1-2H3;1-3,9H,4-5H2;5-7H,3-4H2,1-2H3. The topological polar surface area (TPSA) is 85.0 Å². The van der Waals surface area contributed by atoms with E-state index >= 15 is 0 Å². The molecular weight excluding hydrogens is 560 g/mol. The van der Waals surface area contributed by atoms with E-state index in [1.165, 1.54) is 0 Å². The summed E-state index contributed by atoms with van der Waals surface area (Å²) in [6.07, 6.45) is 0.413. The van der Waals surface area contributed by atoms with Crippen molar-refractivity contribution < 1.29 is 46.4 Å². The average Bonchev–Trinajstić information content (AvgIpc) is 3.70. The zero-order chi connectivity index (χ0) is 30.6. The van der Waals surface area contributed by atoms with Gasteiger partial charge in [0.15, 0.2) is 0 Å². The highest BCUT2D eigenvalue weighted by molar-refractivity contribution is 5.24. The quantitative estimate of drug-likeness (QED) is 0.348. The van der Waals surface area contributed by atoms with Gasteiger partial charge in [-0.05, 0) is 27.7 Å². The predicted octanol–water partition coefficient (Wildman–Crippen LogP) is 3.94. The molecule has 42 heavy (non-hydrogen) atoms. The van der Waals surface area contributed by atoms with Gasteiger partial charge in [-0.2, -0.15) is 0 Å². The van der Waals surface area contributed by atoms with Crippen LogP contribution in [0.5, 0.6) is 11.5 Å². The van der Waals surface area contributed by atoms with Gasteiger partial charge in [0.2, 0.25) is 0 Å². The van der Waals surface area contributed by atoms with E-state index in [9.17, 15) is 22.7 Å². The number of benzene rings is 2. The minimum atomic E-state index is -0.728. The average molecular weight is 603 g/mol. The largest absolute Gasteiger partial charge is 0.491 e. The van der Waals surface area contributed by atoms with Crippen molar-refractivity contribution in [3.8, 4) is 11.5 Å². The molecular formula is C30H42F4N2O6. The highest BCUT2D eigenvalue weighted by Gasteiger charge is 2.24. The highest BCUT2D eigenvalue weighted by atomic mass is 19.1. The molecule has 3 aliphatic heterocycles. The van der Waals surface area contributed by atoms with Crippen molar-refractivity contribution in [2.24, 2.45) is 0 Å². The zero-order valence-electron chi connectivity index (χ0n) is 24.5. The molecule has 6 unspecified atom stereocenters. The van der Waals surface area contributed by atoms with E-state index in [-0.39, 0.29) is 36.4 Å². The fourth-order valence-electron chi connectivity index (χ4n) is 4.54. The van der Waals surface area contributed by atoms with Crippen molar-refractivity contribution in [3.05, 3.63) is 59.7 Å². The second-order valence-corrected chi connectivity index (χ2v) is 10.8. The number of nitrogens with zero attached hydrogens (tertiary/aromatic N) is 1. The molecule has 0 bridgehead atoms. The van der Waals surface area contributed by atoms with Crippen LogP contribution in [-0.2, 0) is 14.2 Å². The van der Waals surface area contributed by atoms with Crippen LogP contribution >= 0.6 is 0 Å². The van der Waals surface area contributed by atoms with Crippen LogP contribution in [0.25, 0.3) is 0 Å². The van der Waals surface area contributed by atoms with E-state index in [1.807, 2.05) is 13.8 Å². The van der Waals surface area contributed by atoms with Gasteiger partial charge in [-0.15, -0.1) is 0 Å². The number of hydrogen-bond donors (Lipinski definition) is 2. The highest BCUT2D eigenvalue weighted by Crippen LogP contribution is 2.18. The van der Waals surface area contributed by atoms with Gasteiger partial charge in [-0.25, -0.2) is 17.6 Å². The monoisotopic (exact) mass is 602 g/mol. The molecule has 3 aliphatic rings. The number of halogens is 4. The van der Waals surface area contributed by atoms with Crippen LogP contribution in [0.3, 0.4) is 0 Å². The van der Waals surface area contributed by atoms with Crippen LogP contribution in [0.1, 0.15) is 27.7 Å². The van der Waals surface area contributed by atoms with Gasteiger partial charge in [0.1, 0.15) is 60.2 Å². The lowest BCUT2D eigenvalue weighted by Gasteiger charge is -2.36. The van der Waals surface area contributed by atoms with E-state index in [2.05, 4.69) is 24.1 Å². The van der Waals surface area contributed by atoms with Crippen LogP contribution in [0.4, 0.5) is 17.6 Å². The lowest BCUT2D eigenvalue weighted by atomic mass is 10.2. The van der Waals surface area contributed by atoms with Crippen LogP contribution in [0, 0.1) is 23.3 Å². The smallest absolute Gasteiger partial charge is 0.129 e. The molecule has 0 radical (unpaired) electrons. The number of morpholine rings is 2. The summed E-state index contributed by atoms with van der Waals surface area (Å²) >= 11 is 0. The first-order chi connectivity index (χ1) is 19.9. The third-order valence-corrected chi connectivity index (χ3v) is 6.25. The Hall–Kier alpha value is -2.48. The number of epoxide rings is 1. The minimum absolute atomic E-state index is 0.0109. The summed E-state index contributed by atoms with van der Waals surface area (Å²) in [5, 5.41) is 13.2. The molecule has 0 aromatic heterocycles. The van der Waals surface area contributed by atoms with Gasteiger partial charge in [0, 0.05) is 69.1 Å². The summed E-state index contributed by atoms with van der Waals surface area (Å²) < 4.78 is 77.5. The Morgan fingerprint density at radius 2 is 1.24 bits per heavy atom. The molecule has 2 aromatic rings. The van der Waals surface area contributed by atoms with Gasteiger partial charge in [-0.3, -0.25) is 4.90 Å². The Labute approximate surface area is 244 Å². The third kappa shape index (κ3) is 13.7. The molecule has 2 N–H and O–H groups in total. The Bertz CT molecular complexity index is 1040. The second-order valence-electron chi connectivity index (χ2n) is 10.8. The Balaban J connectivity index is 0.000000194. The molecule has 6 atom stereocenters. The number of rotatable bonds is 8. The number of β-amino-alcohol motifs (C(OH)–C–C–N with tert-alkyl or cyclic N) is 1. The van der Waals surface area contributed by atoms with E-state index in [0.717, 1.165) is 62.6 Å². The third-order valence-electron chi connectivity index (χ3n) is 6.25. The summed E-state index contributed by atoms with van der Waals surface area (Å²) in [6, 6.07) is 6.06. The fourth-order valence-corrected chi connectivity index (χ4v) is 4.54. The lowest BCUT2D eigenvalue weighted by molar-refractivity contribution is -0.0787. The Morgan fingerprint density at radius 3 is 1.67 bits per heavy atom. The molecule has 5 rings (SSSR count). The second kappa shape index (κ2) is 17.0. The fraction of sp³-hybridized carbons (Fsp3) is 0.600. The summed E-state index contributed by atoms with van der Waals surface area (Å²) in [4.78, 5) is 2.10. The number of aliphatic hydroxyl groups is 1. The van der Waals surface area contributed by atoms with Gasteiger partial charge >= 0.3 is 0 Å². The number of nitrogens with one attached hydrogen (secondary N) is 1. The predicted molar refractivity (Wildman–Crippen MR) is 149 cm³/mol. The molecule has 8 nitrogen and oxygen atoms in total. The Morgan fingerprint density at radius 1 is 0.786 bits per heavy atom. The summed E-state index contributed by atoms with van der Waals surface area (Å²) in [7, 11) is 0. The first kappa shape index (κ1) is 34.0. The number of hydrogen-bond acceptors (Lipinski definition) is 8. The normalized spacial score (nSPS) is 26.2. The van der Waals surface area contributed by atoms with E-state index in [1.54, 1.807) is 0 Å². The molecule has 12 heteroatoms. The molecule has 236 valence electrons. The van der Waals surface area contributed by atoms with Crippen molar-refractivity contribution in [2.45, 2.75) is 64.3 Å². The van der Waals surface area contributed by atoms with Crippen molar-refractivity contribution >= 4 is 0 Å².